The third-order valence-corrected chi connectivity index (χ3v) is 4.24. The minimum atomic E-state index is -1.79. The Kier molecular flexibility index (Phi) is 10.7. The number of aliphatic hydroxyl groups excluding tert-OH is 3. The standard InChI is InChI=1S/C18H25NO9.C2H6/c1-3-12(20)26-8-9-4-5-11(10(6-9)7-19-2)27-18-15(23)13(21)14(22)16(28-18)17(24)25;1-2/h4-6,13-16,18-19,21-23H,3,7-8H2,1-2H3,(H,24,25);1-2H3. The highest BCUT2D eigenvalue weighted by Crippen LogP contribution is 2.27. The number of ether oxygens (including phenoxy) is 3. The summed E-state index contributed by atoms with van der Waals surface area (Å²) in [5.41, 5.74) is 1.35. The topological polar surface area (TPSA) is 155 Å². The number of carbonyl (C=O) groups is 2. The van der Waals surface area contributed by atoms with Gasteiger partial charge in [-0.1, -0.05) is 26.8 Å². The van der Waals surface area contributed by atoms with E-state index in [1.807, 2.05) is 13.8 Å². The molecule has 1 aliphatic rings. The summed E-state index contributed by atoms with van der Waals surface area (Å²) in [6.07, 6.45) is -8.18. The molecule has 5 N–H and O–H groups in total. The number of carboxylic acids is 1. The summed E-state index contributed by atoms with van der Waals surface area (Å²) < 4.78 is 15.8. The Morgan fingerprint density at radius 1 is 1.13 bits per heavy atom. The lowest BCUT2D eigenvalue weighted by Crippen LogP contribution is -2.61. The Balaban J connectivity index is 0.00000218. The van der Waals surface area contributed by atoms with E-state index in [0.717, 1.165) is 0 Å². The van der Waals surface area contributed by atoms with Crippen LogP contribution in [0.1, 0.15) is 38.3 Å². The number of rotatable bonds is 8. The molecule has 0 amide bonds. The van der Waals surface area contributed by atoms with Crippen molar-refractivity contribution in [3.8, 4) is 5.75 Å². The summed E-state index contributed by atoms with van der Waals surface area (Å²) in [6.45, 7) is 6.14. The van der Waals surface area contributed by atoms with Gasteiger partial charge in [-0.05, 0) is 24.7 Å². The molecule has 0 aliphatic carbocycles. The fourth-order valence-corrected chi connectivity index (χ4v) is 2.71. The molecule has 0 bridgehead atoms. The molecule has 5 atom stereocenters. The molecule has 170 valence electrons. The summed E-state index contributed by atoms with van der Waals surface area (Å²) in [7, 11) is 1.71. The van der Waals surface area contributed by atoms with Crippen molar-refractivity contribution < 1.29 is 44.2 Å². The van der Waals surface area contributed by atoms with Gasteiger partial charge >= 0.3 is 11.9 Å². The average Bonchev–Trinajstić information content (AvgIpc) is 2.75. The number of carboxylic acid groups (broad SMARTS) is 1. The van der Waals surface area contributed by atoms with Gasteiger partial charge in [0, 0.05) is 18.5 Å². The maximum Gasteiger partial charge on any atom is 0.335 e. The van der Waals surface area contributed by atoms with Crippen molar-refractivity contribution in [3.05, 3.63) is 29.3 Å². The highest BCUT2D eigenvalue weighted by Gasteiger charge is 2.48. The first kappa shape index (κ1) is 25.8. The van der Waals surface area contributed by atoms with Crippen molar-refractivity contribution in [1.29, 1.82) is 0 Å². The van der Waals surface area contributed by atoms with Crippen LogP contribution in [0.3, 0.4) is 0 Å². The fraction of sp³-hybridized carbons (Fsp3) is 0.600. The van der Waals surface area contributed by atoms with Gasteiger partial charge in [0.05, 0.1) is 0 Å². The number of aliphatic carboxylic acids is 1. The van der Waals surface area contributed by atoms with E-state index in [2.05, 4.69) is 5.32 Å². The molecule has 1 aliphatic heterocycles. The van der Waals surface area contributed by atoms with Crippen LogP contribution in [0.4, 0.5) is 0 Å². The van der Waals surface area contributed by atoms with Crippen LogP contribution in [0.15, 0.2) is 18.2 Å². The summed E-state index contributed by atoms with van der Waals surface area (Å²) >= 11 is 0. The van der Waals surface area contributed by atoms with Gasteiger partial charge in [0.15, 0.2) is 6.10 Å². The molecule has 0 saturated carbocycles. The molecular formula is C20H31NO9. The van der Waals surface area contributed by atoms with Crippen LogP contribution in [-0.2, 0) is 32.2 Å². The van der Waals surface area contributed by atoms with Gasteiger partial charge in [-0.2, -0.15) is 0 Å². The number of benzene rings is 1. The highest BCUT2D eigenvalue weighted by molar-refractivity contribution is 5.73. The first-order chi connectivity index (χ1) is 14.3. The van der Waals surface area contributed by atoms with Crippen molar-refractivity contribution in [3.63, 3.8) is 0 Å². The SMILES string of the molecule is CC.CCC(=O)OCc1ccc(OC2OC(C(=O)O)C(O)C(O)C2O)c(CNC)c1. The van der Waals surface area contributed by atoms with Gasteiger partial charge in [-0.25, -0.2) is 4.79 Å². The van der Waals surface area contributed by atoms with Gasteiger partial charge in [-0.3, -0.25) is 4.79 Å². The number of esters is 1. The monoisotopic (exact) mass is 429 g/mol. The van der Waals surface area contributed by atoms with Gasteiger partial charge in [0.25, 0.3) is 0 Å². The molecule has 1 heterocycles. The second-order valence-electron chi connectivity index (χ2n) is 6.34. The zero-order chi connectivity index (χ0) is 22.8. The number of carbonyl (C=O) groups excluding carboxylic acids is 1. The van der Waals surface area contributed by atoms with Gasteiger partial charge in [0.1, 0.15) is 30.7 Å². The van der Waals surface area contributed by atoms with Crippen molar-refractivity contribution in [2.24, 2.45) is 0 Å². The molecule has 1 aromatic carbocycles. The maximum atomic E-state index is 11.3. The first-order valence-electron chi connectivity index (χ1n) is 9.79. The smallest absolute Gasteiger partial charge is 0.335 e. The second-order valence-corrected chi connectivity index (χ2v) is 6.34. The molecule has 5 unspecified atom stereocenters. The van der Waals surface area contributed by atoms with Gasteiger partial charge < -0.3 is 40.0 Å². The van der Waals surface area contributed by atoms with E-state index in [1.54, 1.807) is 32.2 Å². The lowest BCUT2D eigenvalue weighted by molar-refractivity contribution is -0.271. The van der Waals surface area contributed by atoms with E-state index in [0.29, 0.717) is 17.7 Å². The number of hydrogen-bond acceptors (Lipinski definition) is 9. The zero-order valence-corrected chi connectivity index (χ0v) is 17.6. The largest absolute Gasteiger partial charge is 0.479 e. The van der Waals surface area contributed by atoms with E-state index in [9.17, 15) is 24.9 Å². The first-order valence-corrected chi connectivity index (χ1v) is 9.79. The van der Waals surface area contributed by atoms with Crippen LogP contribution >= 0.6 is 0 Å². The number of aliphatic hydroxyl groups is 3. The molecule has 1 fully saturated rings. The van der Waals surface area contributed by atoms with Crippen LogP contribution in [0, 0.1) is 0 Å². The molecular weight excluding hydrogens is 398 g/mol. The van der Waals surface area contributed by atoms with Crippen LogP contribution < -0.4 is 10.1 Å². The Bertz CT molecular complexity index is 697. The Morgan fingerprint density at radius 2 is 1.80 bits per heavy atom. The third-order valence-electron chi connectivity index (χ3n) is 4.24. The van der Waals surface area contributed by atoms with Crippen molar-refractivity contribution >= 4 is 11.9 Å². The van der Waals surface area contributed by atoms with E-state index < -0.39 is 36.7 Å². The third kappa shape index (κ3) is 6.64. The molecule has 1 aromatic rings. The van der Waals surface area contributed by atoms with E-state index in [4.69, 9.17) is 19.3 Å². The fourth-order valence-electron chi connectivity index (χ4n) is 2.71. The normalized spacial score (nSPS) is 25.6. The van der Waals surface area contributed by atoms with Gasteiger partial charge in [0.2, 0.25) is 6.29 Å². The Labute approximate surface area is 175 Å². The lowest BCUT2D eigenvalue weighted by Gasteiger charge is -2.38. The van der Waals surface area contributed by atoms with Crippen molar-refractivity contribution in [2.75, 3.05) is 7.05 Å². The molecule has 0 radical (unpaired) electrons. The second kappa shape index (κ2) is 12.5. The quantitative estimate of drug-likeness (QED) is 0.361. The molecule has 2 rings (SSSR count). The summed E-state index contributed by atoms with van der Waals surface area (Å²) in [5, 5.41) is 41.8. The molecule has 0 aromatic heterocycles. The van der Waals surface area contributed by atoms with Crippen LogP contribution in [-0.4, -0.2) is 70.1 Å². The Hall–Kier alpha value is -2.24. The van der Waals surface area contributed by atoms with Crippen molar-refractivity contribution in [1.82, 2.24) is 5.32 Å². The summed E-state index contributed by atoms with van der Waals surface area (Å²) in [4.78, 5) is 22.5. The maximum absolute atomic E-state index is 11.3. The lowest BCUT2D eigenvalue weighted by atomic mass is 9.99. The van der Waals surface area contributed by atoms with Crippen molar-refractivity contribution in [2.45, 2.75) is 71.0 Å². The summed E-state index contributed by atoms with van der Waals surface area (Å²) in [6, 6.07) is 4.93. The van der Waals surface area contributed by atoms with Gasteiger partial charge in [-0.15, -0.1) is 0 Å². The minimum Gasteiger partial charge on any atom is -0.479 e. The average molecular weight is 429 g/mol. The molecule has 0 spiro atoms. The summed E-state index contributed by atoms with van der Waals surface area (Å²) in [5.74, 6) is -1.55. The van der Waals surface area contributed by atoms with Crippen LogP contribution in [0.25, 0.3) is 0 Å². The van der Waals surface area contributed by atoms with E-state index in [-0.39, 0.29) is 24.7 Å². The van der Waals surface area contributed by atoms with Crippen LogP contribution in [0.2, 0.25) is 0 Å². The zero-order valence-electron chi connectivity index (χ0n) is 17.6. The number of hydrogen-bond donors (Lipinski definition) is 5. The highest BCUT2D eigenvalue weighted by atomic mass is 16.7. The van der Waals surface area contributed by atoms with E-state index >= 15 is 0 Å². The Morgan fingerprint density at radius 3 is 2.37 bits per heavy atom. The molecule has 10 heteroatoms. The number of nitrogens with one attached hydrogen (secondary N) is 1. The molecule has 1 saturated heterocycles. The molecule has 30 heavy (non-hydrogen) atoms. The van der Waals surface area contributed by atoms with Crippen LogP contribution in [0.5, 0.6) is 5.75 Å². The minimum absolute atomic E-state index is 0.0816. The predicted molar refractivity (Wildman–Crippen MR) is 106 cm³/mol. The predicted octanol–water partition coefficient (Wildman–Crippen LogP) is 0.156. The van der Waals surface area contributed by atoms with E-state index in [1.165, 1.54) is 0 Å². The molecule has 10 nitrogen and oxygen atoms in total.